The molecule has 1 heterocycles. The van der Waals surface area contributed by atoms with Gasteiger partial charge in [0.25, 0.3) is 0 Å². The second-order valence-electron chi connectivity index (χ2n) is 3.20. The molecule has 0 bridgehead atoms. The van der Waals surface area contributed by atoms with Gasteiger partial charge < -0.3 is 0 Å². The zero-order chi connectivity index (χ0) is 9.84. The van der Waals surface area contributed by atoms with E-state index >= 15 is 0 Å². The normalized spacial score (nSPS) is 12.9. The lowest BCUT2D eigenvalue weighted by Crippen LogP contribution is -2.00. The van der Waals surface area contributed by atoms with Crippen molar-refractivity contribution in [2.75, 3.05) is 6.26 Å². The molecule has 72 valence electrons. The molecule has 1 unspecified atom stereocenters. The van der Waals surface area contributed by atoms with Gasteiger partial charge in [-0.25, -0.2) is 4.98 Å². The third-order valence-electron chi connectivity index (χ3n) is 2.23. The van der Waals surface area contributed by atoms with Crippen LogP contribution < -0.4 is 0 Å². The number of thioether (sulfide) groups is 1. The van der Waals surface area contributed by atoms with Gasteiger partial charge in [0.05, 0.1) is 17.6 Å². The minimum atomic E-state index is 0.516. The van der Waals surface area contributed by atoms with E-state index in [1.165, 1.54) is 0 Å². The molecule has 0 saturated heterocycles. The molecule has 2 nitrogen and oxygen atoms in total. The molecular formula is C10H16N2S. The summed E-state index contributed by atoms with van der Waals surface area (Å²) >= 11 is 1.65. The number of aromatic nitrogens is 2. The summed E-state index contributed by atoms with van der Waals surface area (Å²) < 4.78 is 0. The van der Waals surface area contributed by atoms with Crippen molar-refractivity contribution >= 4 is 11.8 Å². The molecule has 0 saturated carbocycles. The van der Waals surface area contributed by atoms with Crippen LogP contribution in [0.5, 0.6) is 0 Å². The van der Waals surface area contributed by atoms with Crippen molar-refractivity contribution in [3.05, 3.63) is 17.6 Å². The predicted molar refractivity (Wildman–Crippen MR) is 57.3 cm³/mol. The monoisotopic (exact) mass is 196 g/mol. The largest absolute Gasteiger partial charge is 0.253 e. The Morgan fingerprint density at radius 3 is 2.69 bits per heavy atom. The van der Waals surface area contributed by atoms with E-state index in [1.54, 1.807) is 11.8 Å². The lowest BCUT2D eigenvalue weighted by molar-refractivity contribution is 0.692. The summed E-state index contributed by atoms with van der Waals surface area (Å²) in [6.07, 6.45) is 5.04. The number of hydrogen-bond acceptors (Lipinski definition) is 3. The average Bonchev–Trinajstić information content (AvgIpc) is 2.16. The fraction of sp³-hybridized carbons (Fsp3) is 0.600. The number of aryl methyl sites for hydroxylation is 1. The Morgan fingerprint density at radius 2 is 2.23 bits per heavy atom. The molecule has 3 heteroatoms. The topological polar surface area (TPSA) is 25.8 Å². The molecule has 0 radical (unpaired) electrons. The number of rotatable bonds is 3. The molecule has 0 N–H and O–H groups in total. The highest BCUT2D eigenvalue weighted by Gasteiger charge is 2.07. The van der Waals surface area contributed by atoms with Gasteiger partial charge in [-0.2, -0.15) is 0 Å². The third-order valence-corrected chi connectivity index (χ3v) is 3.02. The summed E-state index contributed by atoms with van der Waals surface area (Å²) in [5, 5.41) is 1.03. The van der Waals surface area contributed by atoms with Gasteiger partial charge in [0.15, 0.2) is 0 Å². The Morgan fingerprint density at radius 1 is 1.54 bits per heavy atom. The van der Waals surface area contributed by atoms with Gasteiger partial charge in [-0.3, -0.25) is 4.98 Å². The van der Waals surface area contributed by atoms with Crippen molar-refractivity contribution in [1.29, 1.82) is 0 Å². The molecule has 13 heavy (non-hydrogen) atoms. The zero-order valence-electron chi connectivity index (χ0n) is 8.66. The van der Waals surface area contributed by atoms with Crippen LogP contribution in [-0.2, 0) is 0 Å². The first-order chi connectivity index (χ1) is 6.19. The number of nitrogens with zero attached hydrogens (tertiary/aromatic N) is 2. The van der Waals surface area contributed by atoms with Gasteiger partial charge in [0.1, 0.15) is 5.03 Å². The van der Waals surface area contributed by atoms with Crippen LogP contribution in [0.4, 0.5) is 0 Å². The number of hydrogen-bond donors (Lipinski definition) is 0. The van der Waals surface area contributed by atoms with Crippen molar-refractivity contribution in [3.63, 3.8) is 0 Å². The van der Waals surface area contributed by atoms with Gasteiger partial charge in [-0.15, -0.1) is 11.8 Å². The van der Waals surface area contributed by atoms with Crippen LogP contribution in [0, 0.1) is 6.92 Å². The smallest absolute Gasteiger partial charge is 0.117 e. The van der Waals surface area contributed by atoms with Gasteiger partial charge in [0.2, 0.25) is 0 Å². The highest BCUT2D eigenvalue weighted by molar-refractivity contribution is 7.98. The van der Waals surface area contributed by atoms with E-state index < -0.39 is 0 Å². The van der Waals surface area contributed by atoms with Gasteiger partial charge >= 0.3 is 0 Å². The van der Waals surface area contributed by atoms with Gasteiger partial charge in [-0.1, -0.05) is 13.8 Å². The van der Waals surface area contributed by atoms with E-state index in [9.17, 15) is 0 Å². The highest BCUT2D eigenvalue weighted by Crippen LogP contribution is 2.20. The maximum absolute atomic E-state index is 4.53. The second-order valence-corrected chi connectivity index (χ2v) is 3.99. The average molecular weight is 196 g/mol. The Labute approximate surface area is 84.2 Å². The Balaban J connectivity index is 2.95. The first kappa shape index (κ1) is 10.5. The van der Waals surface area contributed by atoms with Crippen LogP contribution in [0.2, 0.25) is 0 Å². The van der Waals surface area contributed by atoms with E-state index in [0.29, 0.717) is 5.92 Å². The lowest BCUT2D eigenvalue weighted by atomic mass is 10.1. The molecule has 0 amide bonds. The quantitative estimate of drug-likeness (QED) is 0.695. The third kappa shape index (κ3) is 2.44. The molecule has 1 aromatic heterocycles. The van der Waals surface area contributed by atoms with Gasteiger partial charge in [-0.05, 0) is 25.5 Å². The predicted octanol–water partition coefficient (Wildman–Crippen LogP) is 3.02. The Hall–Kier alpha value is -0.570. The van der Waals surface area contributed by atoms with Crippen LogP contribution in [0.15, 0.2) is 11.2 Å². The Bertz CT molecular complexity index is 286. The van der Waals surface area contributed by atoms with Crippen LogP contribution >= 0.6 is 11.8 Å². The molecule has 0 spiro atoms. The standard InChI is InChI=1S/C10H16N2S/c1-5-7(2)9-6-11-10(13-4)8(3)12-9/h6-7H,5H2,1-4H3. The van der Waals surface area contributed by atoms with Crippen molar-refractivity contribution in [2.24, 2.45) is 0 Å². The zero-order valence-corrected chi connectivity index (χ0v) is 9.48. The summed E-state index contributed by atoms with van der Waals surface area (Å²) in [5.74, 6) is 0.516. The SMILES string of the molecule is CCC(C)c1cnc(SC)c(C)n1. The summed E-state index contributed by atoms with van der Waals surface area (Å²) in [5.41, 5.74) is 2.16. The van der Waals surface area contributed by atoms with Gasteiger partial charge in [0, 0.05) is 0 Å². The van der Waals surface area contributed by atoms with Crippen molar-refractivity contribution in [2.45, 2.75) is 38.1 Å². The summed E-state index contributed by atoms with van der Waals surface area (Å²) in [7, 11) is 0. The molecule has 1 aromatic rings. The molecule has 0 aliphatic heterocycles. The molecule has 0 aliphatic rings. The van der Waals surface area contributed by atoms with E-state index in [4.69, 9.17) is 0 Å². The Kier molecular flexibility index (Phi) is 3.72. The van der Waals surface area contributed by atoms with Crippen molar-refractivity contribution in [3.8, 4) is 0 Å². The van der Waals surface area contributed by atoms with Crippen LogP contribution in [-0.4, -0.2) is 16.2 Å². The second kappa shape index (κ2) is 4.61. The summed E-state index contributed by atoms with van der Waals surface area (Å²) in [6.45, 7) is 6.37. The lowest BCUT2D eigenvalue weighted by Gasteiger charge is -2.09. The highest BCUT2D eigenvalue weighted by atomic mass is 32.2. The summed E-state index contributed by atoms with van der Waals surface area (Å²) in [6, 6.07) is 0. The molecular weight excluding hydrogens is 180 g/mol. The minimum Gasteiger partial charge on any atom is -0.253 e. The molecule has 1 rings (SSSR count). The molecule has 1 atom stereocenters. The molecule has 0 fully saturated rings. The van der Waals surface area contributed by atoms with Crippen molar-refractivity contribution in [1.82, 2.24) is 9.97 Å². The van der Waals surface area contributed by atoms with E-state index in [2.05, 4.69) is 23.8 Å². The van der Waals surface area contributed by atoms with Crippen LogP contribution in [0.1, 0.15) is 37.6 Å². The first-order valence-electron chi connectivity index (χ1n) is 4.56. The van der Waals surface area contributed by atoms with E-state index in [1.807, 2.05) is 19.4 Å². The fourth-order valence-corrected chi connectivity index (χ4v) is 1.63. The maximum atomic E-state index is 4.53. The first-order valence-corrected chi connectivity index (χ1v) is 5.79. The van der Waals surface area contributed by atoms with Crippen molar-refractivity contribution < 1.29 is 0 Å². The summed E-state index contributed by atoms with van der Waals surface area (Å²) in [4.78, 5) is 8.90. The van der Waals surface area contributed by atoms with Crippen LogP contribution in [0.25, 0.3) is 0 Å². The molecule has 0 aliphatic carbocycles. The minimum absolute atomic E-state index is 0.516. The van der Waals surface area contributed by atoms with E-state index in [-0.39, 0.29) is 0 Å². The fourth-order valence-electron chi connectivity index (χ4n) is 1.14. The maximum Gasteiger partial charge on any atom is 0.117 e. The van der Waals surface area contributed by atoms with Crippen LogP contribution in [0.3, 0.4) is 0 Å². The van der Waals surface area contributed by atoms with E-state index in [0.717, 1.165) is 22.8 Å². The molecule has 0 aromatic carbocycles.